The van der Waals surface area contributed by atoms with E-state index in [9.17, 15) is 9.59 Å². The molecule has 2 rings (SSSR count). The second-order valence-electron chi connectivity index (χ2n) is 8.04. The van der Waals surface area contributed by atoms with Gasteiger partial charge in [-0.25, -0.2) is 0 Å². The van der Waals surface area contributed by atoms with Crippen LogP contribution in [0.1, 0.15) is 57.2 Å². The minimum Gasteiger partial charge on any atom is -0.484 e. The first-order valence-electron chi connectivity index (χ1n) is 11.2. The van der Waals surface area contributed by atoms with Crippen molar-refractivity contribution in [2.75, 3.05) is 6.61 Å². The molecule has 0 fully saturated rings. The summed E-state index contributed by atoms with van der Waals surface area (Å²) in [6, 6.07) is 15.3. The maximum Gasteiger partial charge on any atom is 0.261 e. The third-order valence-electron chi connectivity index (χ3n) is 5.55. The van der Waals surface area contributed by atoms with Crippen LogP contribution in [0.4, 0.5) is 0 Å². The Bertz CT molecular complexity index is 831. The van der Waals surface area contributed by atoms with E-state index in [4.69, 9.17) is 4.74 Å². The van der Waals surface area contributed by atoms with Gasteiger partial charge in [-0.15, -0.1) is 0 Å². The third-order valence-corrected chi connectivity index (χ3v) is 5.55. The summed E-state index contributed by atoms with van der Waals surface area (Å²) in [5, 5.41) is 3.02. The highest BCUT2D eigenvalue weighted by atomic mass is 16.5. The predicted molar refractivity (Wildman–Crippen MR) is 125 cm³/mol. The standard InChI is InChI=1S/C26H36N2O3/c1-6-20(5)27-26(30)24(8-3)28(17-22-11-9-19(4)10-12-22)25(29)18-31-23-15-13-21(7-2)14-16-23/h9-16,20,24H,6-8,17-18H2,1-5H3,(H,27,30)/t20-,24+/m1/s1. The molecule has 0 heterocycles. The van der Waals surface area contributed by atoms with Crippen molar-refractivity contribution in [2.24, 2.45) is 0 Å². The highest BCUT2D eigenvalue weighted by Crippen LogP contribution is 2.16. The number of hydrogen-bond donors (Lipinski definition) is 1. The van der Waals surface area contributed by atoms with E-state index in [-0.39, 0.29) is 24.5 Å². The number of amides is 2. The Kier molecular flexibility index (Phi) is 9.57. The highest BCUT2D eigenvalue weighted by molar-refractivity contribution is 5.88. The van der Waals surface area contributed by atoms with E-state index in [0.717, 1.165) is 24.0 Å². The first-order chi connectivity index (χ1) is 14.9. The average molecular weight is 425 g/mol. The summed E-state index contributed by atoms with van der Waals surface area (Å²) in [4.78, 5) is 27.8. The van der Waals surface area contributed by atoms with Crippen LogP contribution in [0.5, 0.6) is 5.75 Å². The molecule has 0 aliphatic carbocycles. The normalized spacial score (nSPS) is 12.7. The highest BCUT2D eigenvalue weighted by Gasteiger charge is 2.29. The van der Waals surface area contributed by atoms with Crippen LogP contribution in [0.25, 0.3) is 0 Å². The van der Waals surface area contributed by atoms with Crippen molar-refractivity contribution in [3.05, 3.63) is 65.2 Å². The summed E-state index contributed by atoms with van der Waals surface area (Å²) >= 11 is 0. The predicted octanol–water partition coefficient (Wildman–Crippen LogP) is 4.66. The van der Waals surface area contributed by atoms with Crippen LogP contribution in [-0.4, -0.2) is 35.4 Å². The van der Waals surface area contributed by atoms with E-state index in [1.807, 2.05) is 76.2 Å². The minimum atomic E-state index is -0.547. The fourth-order valence-corrected chi connectivity index (χ4v) is 3.30. The van der Waals surface area contributed by atoms with Gasteiger partial charge in [0.25, 0.3) is 5.91 Å². The Morgan fingerprint density at radius 2 is 1.55 bits per heavy atom. The first-order valence-corrected chi connectivity index (χ1v) is 11.2. The lowest BCUT2D eigenvalue weighted by Gasteiger charge is -2.31. The van der Waals surface area contributed by atoms with E-state index in [2.05, 4.69) is 12.2 Å². The fraction of sp³-hybridized carbons (Fsp3) is 0.462. The van der Waals surface area contributed by atoms with Crippen LogP contribution >= 0.6 is 0 Å². The molecule has 5 nitrogen and oxygen atoms in total. The third kappa shape index (κ3) is 7.42. The lowest BCUT2D eigenvalue weighted by atomic mass is 10.1. The van der Waals surface area contributed by atoms with Gasteiger partial charge in [0.1, 0.15) is 11.8 Å². The maximum absolute atomic E-state index is 13.2. The number of benzene rings is 2. The van der Waals surface area contributed by atoms with Crippen molar-refractivity contribution in [2.45, 2.75) is 72.5 Å². The van der Waals surface area contributed by atoms with Gasteiger partial charge in [0.2, 0.25) is 5.91 Å². The van der Waals surface area contributed by atoms with E-state index in [0.29, 0.717) is 18.7 Å². The van der Waals surface area contributed by atoms with Crippen molar-refractivity contribution < 1.29 is 14.3 Å². The van der Waals surface area contributed by atoms with Gasteiger partial charge in [-0.3, -0.25) is 9.59 Å². The summed E-state index contributed by atoms with van der Waals surface area (Å²) in [6.07, 6.45) is 2.32. The molecule has 2 aromatic carbocycles. The lowest BCUT2D eigenvalue weighted by molar-refractivity contribution is -0.143. The van der Waals surface area contributed by atoms with Crippen LogP contribution in [0.15, 0.2) is 48.5 Å². The maximum atomic E-state index is 13.2. The molecule has 0 radical (unpaired) electrons. The van der Waals surface area contributed by atoms with Gasteiger partial charge in [0.05, 0.1) is 0 Å². The number of nitrogens with zero attached hydrogens (tertiary/aromatic N) is 1. The van der Waals surface area contributed by atoms with Crippen molar-refractivity contribution in [3.63, 3.8) is 0 Å². The van der Waals surface area contributed by atoms with Gasteiger partial charge >= 0.3 is 0 Å². The van der Waals surface area contributed by atoms with Gasteiger partial charge in [0.15, 0.2) is 6.61 Å². The molecule has 2 aromatic rings. The molecule has 0 aliphatic rings. The molecule has 2 atom stereocenters. The van der Waals surface area contributed by atoms with Gasteiger partial charge in [0, 0.05) is 12.6 Å². The Morgan fingerprint density at radius 1 is 0.935 bits per heavy atom. The van der Waals surface area contributed by atoms with Gasteiger partial charge in [-0.1, -0.05) is 62.7 Å². The number of carbonyl (C=O) groups is 2. The second-order valence-corrected chi connectivity index (χ2v) is 8.04. The zero-order valence-corrected chi connectivity index (χ0v) is 19.5. The Balaban J connectivity index is 2.18. The Morgan fingerprint density at radius 3 is 2.10 bits per heavy atom. The van der Waals surface area contributed by atoms with Crippen molar-refractivity contribution in [1.82, 2.24) is 10.2 Å². The molecule has 0 saturated carbocycles. The van der Waals surface area contributed by atoms with Crippen LogP contribution in [0, 0.1) is 6.92 Å². The lowest BCUT2D eigenvalue weighted by Crippen LogP contribution is -2.51. The van der Waals surface area contributed by atoms with Crippen LogP contribution in [0.2, 0.25) is 0 Å². The average Bonchev–Trinajstić information content (AvgIpc) is 2.78. The number of ether oxygens (including phenoxy) is 1. The Labute approximate surface area is 186 Å². The quantitative estimate of drug-likeness (QED) is 0.571. The molecule has 0 spiro atoms. The fourth-order valence-electron chi connectivity index (χ4n) is 3.30. The summed E-state index contributed by atoms with van der Waals surface area (Å²) in [6.45, 7) is 10.3. The number of rotatable bonds is 11. The largest absolute Gasteiger partial charge is 0.484 e. The molecule has 0 aromatic heterocycles. The number of aryl methyl sites for hydroxylation is 2. The van der Waals surface area contributed by atoms with Crippen LogP contribution in [-0.2, 0) is 22.6 Å². The zero-order valence-electron chi connectivity index (χ0n) is 19.5. The molecule has 0 aliphatic heterocycles. The summed E-state index contributed by atoms with van der Waals surface area (Å²) in [5.74, 6) is 0.328. The number of hydrogen-bond acceptors (Lipinski definition) is 3. The molecule has 0 saturated heterocycles. The summed E-state index contributed by atoms with van der Waals surface area (Å²) in [5.41, 5.74) is 3.36. The van der Waals surface area contributed by atoms with Gasteiger partial charge in [-0.05, 0) is 56.4 Å². The van der Waals surface area contributed by atoms with Gasteiger partial charge in [-0.2, -0.15) is 0 Å². The summed E-state index contributed by atoms with van der Waals surface area (Å²) < 4.78 is 5.76. The molecule has 1 N–H and O–H groups in total. The van der Waals surface area contributed by atoms with Crippen molar-refractivity contribution in [1.29, 1.82) is 0 Å². The molecule has 2 amide bonds. The molecular weight excluding hydrogens is 388 g/mol. The molecular formula is C26H36N2O3. The molecule has 0 bridgehead atoms. The minimum absolute atomic E-state index is 0.0613. The topological polar surface area (TPSA) is 58.6 Å². The second kappa shape index (κ2) is 12.1. The van der Waals surface area contributed by atoms with E-state index < -0.39 is 6.04 Å². The molecule has 168 valence electrons. The van der Waals surface area contributed by atoms with E-state index >= 15 is 0 Å². The monoisotopic (exact) mass is 424 g/mol. The van der Waals surface area contributed by atoms with E-state index in [1.165, 1.54) is 5.56 Å². The first kappa shape index (κ1) is 24.4. The SMILES string of the molecule is CCc1ccc(OCC(=O)N(Cc2ccc(C)cc2)[C@@H](CC)C(=O)N[C@H](C)CC)cc1. The van der Waals surface area contributed by atoms with E-state index in [1.54, 1.807) is 4.90 Å². The zero-order chi connectivity index (χ0) is 22.8. The molecule has 31 heavy (non-hydrogen) atoms. The van der Waals surface area contributed by atoms with Gasteiger partial charge < -0.3 is 15.0 Å². The Hall–Kier alpha value is -2.82. The molecule has 0 unspecified atom stereocenters. The van der Waals surface area contributed by atoms with Crippen molar-refractivity contribution in [3.8, 4) is 5.75 Å². The van der Waals surface area contributed by atoms with Crippen molar-refractivity contribution >= 4 is 11.8 Å². The number of carbonyl (C=O) groups excluding carboxylic acids is 2. The molecule has 5 heteroatoms. The summed E-state index contributed by atoms with van der Waals surface area (Å²) in [7, 11) is 0. The van der Waals surface area contributed by atoms with Crippen LogP contribution < -0.4 is 10.1 Å². The smallest absolute Gasteiger partial charge is 0.261 e. The number of nitrogens with one attached hydrogen (secondary N) is 1. The van der Waals surface area contributed by atoms with Crippen LogP contribution in [0.3, 0.4) is 0 Å².